The molecule has 0 amide bonds. The summed E-state index contributed by atoms with van der Waals surface area (Å²) in [7, 11) is 0. The molecule has 2 N–H and O–H groups in total. The normalized spacial score (nSPS) is 10.6. The fourth-order valence-electron chi connectivity index (χ4n) is 1.88. The number of nitrogens with zero attached hydrogens (tertiary/aromatic N) is 1. The van der Waals surface area contributed by atoms with Crippen LogP contribution < -0.4 is 15.4 Å². The van der Waals surface area contributed by atoms with Gasteiger partial charge in [-0.1, -0.05) is 6.07 Å². The Kier molecular flexibility index (Phi) is 4.47. The fourth-order valence-corrected chi connectivity index (χ4v) is 1.88. The van der Waals surface area contributed by atoms with Crippen molar-refractivity contribution in [2.24, 2.45) is 0 Å². The highest BCUT2D eigenvalue weighted by Gasteiger charge is 2.13. The molecule has 0 unspecified atom stereocenters. The van der Waals surface area contributed by atoms with E-state index in [0.717, 1.165) is 23.7 Å². The molecule has 0 heterocycles. The number of hydrogen-bond donors (Lipinski definition) is 1. The molecule has 0 aromatic heterocycles. The number of ether oxygens (including phenoxy) is 1. The quantitative estimate of drug-likeness (QED) is 0.778. The third-order valence-corrected chi connectivity index (χ3v) is 2.62. The van der Waals surface area contributed by atoms with Gasteiger partial charge in [0.25, 0.3) is 0 Å². The molecule has 0 radical (unpaired) electrons. The van der Waals surface area contributed by atoms with Crippen LogP contribution in [0.2, 0.25) is 0 Å². The highest BCUT2D eigenvalue weighted by Crippen LogP contribution is 2.33. The number of anilines is 2. The average Bonchev–Trinajstić information content (AvgIpc) is 2.24. The molecule has 0 saturated heterocycles. The van der Waals surface area contributed by atoms with Crippen LogP contribution in [0.4, 0.5) is 11.4 Å². The molecule has 90 valence electrons. The summed E-state index contributed by atoms with van der Waals surface area (Å²) in [5.74, 6) is 0.777. The molecular formula is C13H22N2O. The van der Waals surface area contributed by atoms with Crippen LogP contribution in [0.1, 0.15) is 27.7 Å². The van der Waals surface area contributed by atoms with Gasteiger partial charge < -0.3 is 15.4 Å². The first-order valence-corrected chi connectivity index (χ1v) is 5.89. The number of para-hydroxylation sites is 1. The zero-order valence-electron chi connectivity index (χ0n) is 10.7. The molecule has 0 fully saturated rings. The minimum absolute atomic E-state index is 0.434. The second-order valence-electron chi connectivity index (χ2n) is 4.00. The molecule has 0 saturated carbocycles. The molecule has 0 spiro atoms. The van der Waals surface area contributed by atoms with Gasteiger partial charge in [-0.3, -0.25) is 0 Å². The Morgan fingerprint density at radius 3 is 2.50 bits per heavy atom. The van der Waals surface area contributed by atoms with Crippen LogP contribution in [-0.4, -0.2) is 19.2 Å². The van der Waals surface area contributed by atoms with E-state index in [0.29, 0.717) is 12.6 Å². The van der Waals surface area contributed by atoms with E-state index in [1.165, 1.54) is 0 Å². The zero-order chi connectivity index (χ0) is 12.1. The van der Waals surface area contributed by atoms with Crippen molar-refractivity contribution in [2.75, 3.05) is 23.8 Å². The Hall–Kier alpha value is -1.38. The van der Waals surface area contributed by atoms with E-state index < -0.39 is 0 Å². The topological polar surface area (TPSA) is 38.5 Å². The molecule has 1 aromatic rings. The maximum Gasteiger partial charge on any atom is 0.144 e. The van der Waals surface area contributed by atoms with E-state index in [4.69, 9.17) is 10.5 Å². The summed E-state index contributed by atoms with van der Waals surface area (Å²) in [6.07, 6.45) is 0. The largest absolute Gasteiger partial charge is 0.492 e. The molecule has 0 aliphatic heterocycles. The SMILES string of the molecule is CCOc1cccc(N(CC)C(C)C)c1N. The second-order valence-corrected chi connectivity index (χ2v) is 4.00. The van der Waals surface area contributed by atoms with E-state index in [2.05, 4.69) is 25.7 Å². The van der Waals surface area contributed by atoms with Gasteiger partial charge in [-0.2, -0.15) is 0 Å². The van der Waals surface area contributed by atoms with Gasteiger partial charge in [0.05, 0.1) is 18.0 Å². The van der Waals surface area contributed by atoms with Crippen molar-refractivity contribution in [3.63, 3.8) is 0 Å². The third kappa shape index (κ3) is 2.60. The Labute approximate surface area is 98.2 Å². The maximum absolute atomic E-state index is 6.12. The van der Waals surface area contributed by atoms with Crippen molar-refractivity contribution in [3.8, 4) is 5.75 Å². The third-order valence-electron chi connectivity index (χ3n) is 2.62. The Bertz CT molecular complexity index is 337. The summed E-state index contributed by atoms with van der Waals surface area (Å²) in [6.45, 7) is 10.0. The lowest BCUT2D eigenvalue weighted by atomic mass is 10.2. The molecule has 0 bridgehead atoms. The monoisotopic (exact) mass is 222 g/mol. The number of rotatable bonds is 5. The summed E-state index contributed by atoms with van der Waals surface area (Å²) >= 11 is 0. The first kappa shape index (κ1) is 12.7. The maximum atomic E-state index is 6.12. The van der Waals surface area contributed by atoms with Gasteiger partial charge in [0.15, 0.2) is 0 Å². The van der Waals surface area contributed by atoms with Crippen molar-refractivity contribution in [1.29, 1.82) is 0 Å². The number of nitrogens with two attached hydrogens (primary N) is 1. The van der Waals surface area contributed by atoms with Crippen molar-refractivity contribution in [3.05, 3.63) is 18.2 Å². The van der Waals surface area contributed by atoms with E-state index in [1.807, 2.05) is 25.1 Å². The van der Waals surface area contributed by atoms with Crippen molar-refractivity contribution >= 4 is 11.4 Å². The first-order chi connectivity index (χ1) is 7.61. The van der Waals surface area contributed by atoms with Crippen molar-refractivity contribution < 1.29 is 4.74 Å². The fraction of sp³-hybridized carbons (Fsp3) is 0.538. The van der Waals surface area contributed by atoms with E-state index in [9.17, 15) is 0 Å². The summed E-state index contributed by atoms with van der Waals surface area (Å²) in [4.78, 5) is 2.26. The Balaban J connectivity index is 3.08. The summed E-state index contributed by atoms with van der Waals surface area (Å²) in [6, 6.07) is 6.38. The second kappa shape index (κ2) is 5.64. The predicted octanol–water partition coefficient (Wildman–Crippen LogP) is 2.90. The van der Waals surface area contributed by atoms with Crippen LogP contribution in [0.5, 0.6) is 5.75 Å². The van der Waals surface area contributed by atoms with Crippen LogP contribution >= 0.6 is 0 Å². The average molecular weight is 222 g/mol. The molecule has 1 rings (SSSR count). The first-order valence-electron chi connectivity index (χ1n) is 5.89. The van der Waals surface area contributed by atoms with Crippen molar-refractivity contribution in [2.45, 2.75) is 33.7 Å². The van der Waals surface area contributed by atoms with E-state index in [-0.39, 0.29) is 0 Å². The van der Waals surface area contributed by atoms with Crippen LogP contribution in [0.25, 0.3) is 0 Å². The molecule has 16 heavy (non-hydrogen) atoms. The number of hydrogen-bond acceptors (Lipinski definition) is 3. The van der Waals surface area contributed by atoms with Gasteiger partial charge in [-0.05, 0) is 39.8 Å². The summed E-state index contributed by atoms with van der Waals surface area (Å²) < 4.78 is 5.50. The number of nitrogen functional groups attached to an aromatic ring is 1. The van der Waals surface area contributed by atoms with Crippen LogP contribution in [0.15, 0.2) is 18.2 Å². The lowest BCUT2D eigenvalue weighted by Gasteiger charge is -2.29. The molecule has 0 aliphatic rings. The number of benzene rings is 1. The highest BCUT2D eigenvalue weighted by atomic mass is 16.5. The predicted molar refractivity (Wildman–Crippen MR) is 70.2 cm³/mol. The van der Waals surface area contributed by atoms with Crippen LogP contribution in [-0.2, 0) is 0 Å². The van der Waals surface area contributed by atoms with Gasteiger partial charge in [-0.25, -0.2) is 0 Å². The van der Waals surface area contributed by atoms with Crippen LogP contribution in [0, 0.1) is 0 Å². The molecule has 1 aromatic carbocycles. The molecule has 0 atom stereocenters. The van der Waals surface area contributed by atoms with Gasteiger partial charge in [-0.15, -0.1) is 0 Å². The molecule has 3 heteroatoms. The smallest absolute Gasteiger partial charge is 0.144 e. The standard InChI is InChI=1S/C13H22N2O/c1-5-15(10(3)4)11-8-7-9-12(13(11)14)16-6-2/h7-10H,5-6,14H2,1-4H3. The van der Waals surface area contributed by atoms with Gasteiger partial charge in [0.2, 0.25) is 0 Å². The van der Waals surface area contributed by atoms with Gasteiger partial charge in [0.1, 0.15) is 5.75 Å². The minimum Gasteiger partial charge on any atom is -0.492 e. The molecular weight excluding hydrogens is 200 g/mol. The van der Waals surface area contributed by atoms with Gasteiger partial charge >= 0.3 is 0 Å². The minimum atomic E-state index is 0.434. The molecule has 0 aliphatic carbocycles. The zero-order valence-corrected chi connectivity index (χ0v) is 10.7. The highest BCUT2D eigenvalue weighted by molar-refractivity contribution is 5.74. The Morgan fingerprint density at radius 2 is 2.00 bits per heavy atom. The lowest BCUT2D eigenvalue weighted by Crippen LogP contribution is -2.31. The van der Waals surface area contributed by atoms with Gasteiger partial charge in [0, 0.05) is 12.6 Å². The van der Waals surface area contributed by atoms with E-state index >= 15 is 0 Å². The van der Waals surface area contributed by atoms with Crippen LogP contribution in [0.3, 0.4) is 0 Å². The summed E-state index contributed by atoms with van der Waals surface area (Å²) in [5.41, 5.74) is 7.91. The molecule has 3 nitrogen and oxygen atoms in total. The lowest BCUT2D eigenvalue weighted by molar-refractivity contribution is 0.342. The van der Waals surface area contributed by atoms with Crippen molar-refractivity contribution in [1.82, 2.24) is 0 Å². The van der Waals surface area contributed by atoms with E-state index in [1.54, 1.807) is 0 Å². The Morgan fingerprint density at radius 1 is 1.31 bits per heavy atom. The summed E-state index contributed by atoms with van der Waals surface area (Å²) in [5, 5.41) is 0.